The summed E-state index contributed by atoms with van der Waals surface area (Å²) in [5.74, 6) is 2.59. The van der Waals surface area contributed by atoms with E-state index in [1.807, 2.05) is 0 Å². The third kappa shape index (κ3) is 2.39. The molecule has 0 spiro atoms. The zero-order valence-corrected chi connectivity index (χ0v) is 14.0. The molecule has 1 aromatic rings. The van der Waals surface area contributed by atoms with E-state index in [1.54, 1.807) is 5.56 Å². The molecule has 2 bridgehead atoms. The predicted octanol–water partition coefficient (Wildman–Crippen LogP) is 4.96. The van der Waals surface area contributed by atoms with Crippen molar-refractivity contribution in [3.05, 3.63) is 35.9 Å². The zero-order valence-electron chi connectivity index (χ0n) is 9.73. The average molecular weight is 453 g/mol. The van der Waals surface area contributed by atoms with Crippen LogP contribution in [0.25, 0.3) is 0 Å². The number of rotatable bonds is 2. The fourth-order valence-corrected chi connectivity index (χ4v) is 5.45. The summed E-state index contributed by atoms with van der Waals surface area (Å²) in [6, 6.07) is 11.9. The maximum atomic E-state index is 2.48. The van der Waals surface area contributed by atoms with Gasteiger partial charge in [-0.15, -0.1) is 0 Å². The summed E-state index contributed by atoms with van der Waals surface area (Å²) in [5.41, 5.74) is 1.56. The smallest absolute Gasteiger partial charge is 0.0397 e. The Morgan fingerprint density at radius 1 is 0.882 bits per heavy atom. The molecule has 0 amide bonds. The lowest BCUT2D eigenvalue weighted by molar-refractivity contribution is 0.0934. The van der Waals surface area contributed by atoms with Gasteiger partial charge >= 0.3 is 0 Å². The van der Waals surface area contributed by atoms with Crippen LogP contribution in [0.15, 0.2) is 30.3 Å². The molecule has 1 aromatic carbocycles. The van der Waals surface area contributed by atoms with Crippen LogP contribution in [-0.2, 0) is 0 Å². The van der Waals surface area contributed by atoms with Gasteiger partial charge in [0.15, 0.2) is 0 Å². The molecule has 3 heteroatoms. The van der Waals surface area contributed by atoms with Crippen molar-refractivity contribution in [1.82, 2.24) is 1.33 Å². The van der Waals surface area contributed by atoms with Gasteiger partial charge in [-0.05, 0) is 43.1 Å². The van der Waals surface area contributed by atoms with Crippen LogP contribution in [0.2, 0.25) is 0 Å². The van der Waals surface area contributed by atoms with Gasteiger partial charge in [-0.2, -0.15) is 1.33 Å². The third-order valence-corrected chi connectivity index (χ3v) is 5.87. The number of nitrogens with zero attached hydrogens (tertiary/aromatic N) is 1. The van der Waals surface area contributed by atoms with Crippen molar-refractivity contribution in [1.29, 1.82) is 0 Å². The first kappa shape index (κ1) is 12.7. The van der Waals surface area contributed by atoms with E-state index in [4.69, 9.17) is 0 Å². The average Bonchev–Trinajstić information content (AvgIpc) is 2.40. The summed E-state index contributed by atoms with van der Waals surface area (Å²) in [6.07, 6.45) is 5.78. The van der Waals surface area contributed by atoms with E-state index >= 15 is 0 Å². The van der Waals surface area contributed by atoms with Crippen LogP contribution in [0.1, 0.15) is 37.2 Å². The Balaban J connectivity index is 1.95. The fraction of sp³-hybridized carbons (Fsp3) is 0.571. The molecule has 3 aliphatic carbocycles. The van der Waals surface area contributed by atoms with Gasteiger partial charge in [0, 0.05) is 57.7 Å². The molecule has 2 unspecified atom stereocenters. The minimum atomic E-state index is 0.742. The largest absolute Gasteiger partial charge is 0.184 e. The second kappa shape index (κ2) is 5.33. The third-order valence-electron chi connectivity index (χ3n) is 4.59. The van der Waals surface area contributed by atoms with Crippen LogP contribution < -0.4 is 0 Å². The molecule has 17 heavy (non-hydrogen) atoms. The lowest BCUT2D eigenvalue weighted by Crippen LogP contribution is -2.46. The second-order valence-electron chi connectivity index (χ2n) is 5.36. The van der Waals surface area contributed by atoms with Crippen molar-refractivity contribution in [3.63, 3.8) is 0 Å². The van der Waals surface area contributed by atoms with Gasteiger partial charge in [0.1, 0.15) is 0 Å². The molecule has 0 radical (unpaired) electrons. The van der Waals surface area contributed by atoms with E-state index in [0.29, 0.717) is 0 Å². The number of benzene rings is 1. The second-order valence-corrected chi connectivity index (χ2v) is 9.29. The standard InChI is InChI=1S/C14H17I2N/c15-17(16)14-12-8-6-11(7-9-12)13(14)10-4-2-1-3-5-10/h1-5,11-14H,6-9H2. The number of hydrogen-bond donors (Lipinski definition) is 0. The number of fused-ring (bicyclic) bond motifs is 3. The van der Waals surface area contributed by atoms with Gasteiger partial charge in [0.25, 0.3) is 0 Å². The lowest BCUT2D eigenvalue weighted by atomic mass is 9.60. The van der Waals surface area contributed by atoms with Gasteiger partial charge in [0.2, 0.25) is 0 Å². The van der Waals surface area contributed by atoms with Crippen LogP contribution in [0, 0.1) is 11.8 Å². The van der Waals surface area contributed by atoms with Crippen LogP contribution in [0.5, 0.6) is 0 Å². The van der Waals surface area contributed by atoms with Crippen LogP contribution in [0.3, 0.4) is 0 Å². The molecular formula is C14H17I2N. The molecule has 2 atom stereocenters. The topological polar surface area (TPSA) is 3.24 Å². The molecule has 1 nitrogen and oxygen atoms in total. The maximum Gasteiger partial charge on any atom is 0.0397 e. The molecule has 3 aliphatic rings. The highest BCUT2D eigenvalue weighted by Crippen LogP contribution is 2.52. The van der Waals surface area contributed by atoms with Crippen LogP contribution in [-0.4, -0.2) is 7.37 Å². The van der Waals surface area contributed by atoms with Crippen molar-refractivity contribution >= 4 is 45.7 Å². The summed E-state index contributed by atoms with van der Waals surface area (Å²) >= 11 is 4.97. The first-order valence-electron chi connectivity index (χ1n) is 6.43. The molecule has 3 fully saturated rings. The molecule has 92 valence electrons. The minimum absolute atomic E-state index is 0.742. The Labute approximate surface area is 131 Å². The molecule has 4 rings (SSSR count). The van der Waals surface area contributed by atoms with Crippen LogP contribution >= 0.6 is 45.7 Å². The first-order chi connectivity index (χ1) is 8.27. The van der Waals surface area contributed by atoms with Crippen molar-refractivity contribution in [2.45, 2.75) is 37.6 Å². The summed E-state index contributed by atoms with van der Waals surface area (Å²) in [5, 5.41) is 0. The quantitative estimate of drug-likeness (QED) is 0.452. The first-order valence-corrected chi connectivity index (χ1v) is 8.36. The van der Waals surface area contributed by atoms with E-state index in [-0.39, 0.29) is 0 Å². The zero-order chi connectivity index (χ0) is 11.8. The molecule has 0 saturated heterocycles. The Bertz CT molecular complexity index is 371. The van der Waals surface area contributed by atoms with Gasteiger partial charge in [-0.3, -0.25) is 0 Å². The van der Waals surface area contributed by atoms with E-state index in [9.17, 15) is 0 Å². The highest BCUT2D eigenvalue weighted by atomic mass is 127. The highest BCUT2D eigenvalue weighted by molar-refractivity contribution is 14.2. The van der Waals surface area contributed by atoms with Gasteiger partial charge in [0.05, 0.1) is 0 Å². The van der Waals surface area contributed by atoms with E-state index in [2.05, 4.69) is 77.4 Å². The fourth-order valence-electron chi connectivity index (χ4n) is 3.84. The van der Waals surface area contributed by atoms with Crippen molar-refractivity contribution in [2.24, 2.45) is 11.8 Å². The van der Waals surface area contributed by atoms with Crippen molar-refractivity contribution in [2.75, 3.05) is 0 Å². The normalized spacial score (nSPS) is 36.4. The molecule has 0 heterocycles. The molecule has 0 N–H and O–H groups in total. The summed E-state index contributed by atoms with van der Waals surface area (Å²) in [4.78, 5) is 0. The van der Waals surface area contributed by atoms with Crippen LogP contribution in [0.4, 0.5) is 0 Å². The van der Waals surface area contributed by atoms with E-state index in [0.717, 1.165) is 23.8 Å². The summed E-state index contributed by atoms with van der Waals surface area (Å²) in [7, 11) is 0. The summed E-state index contributed by atoms with van der Waals surface area (Å²) < 4.78 is 2.42. The highest BCUT2D eigenvalue weighted by Gasteiger charge is 2.45. The molecule has 3 saturated carbocycles. The number of hydrogen-bond acceptors (Lipinski definition) is 1. The maximum absolute atomic E-state index is 2.48. The Morgan fingerprint density at radius 2 is 1.47 bits per heavy atom. The van der Waals surface area contributed by atoms with Gasteiger partial charge < -0.3 is 0 Å². The van der Waals surface area contributed by atoms with Gasteiger partial charge in [-0.1, -0.05) is 30.3 Å². The molecular weight excluding hydrogens is 436 g/mol. The predicted molar refractivity (Wildman–Crippen MR) is 88.3 cm³/mol. The molecule has 0 aromatic heterocycles. The minimum Gasteiger partial charge on any atom is -0.184 e. The number of halogens is 2. The van der Waals surface area contributed by atoms with Crippen molar-refractivity contribution in [3.8, 4) is 0 Å². The Morgan fingerprint density at radius 3 is 2.06 bits per heavy atom. The lowest BCUT2D eigenvalue weighted by Gasteiger charge is -2.50. The van der Waals surface area contributed by atoms with E-state index < -0.39 is 0 Å². The SMILES string of the molecule is IN(I)C1C2CCC(CC2)C1c1ccccc1. The molecule has 0 aliphatic heterocycles. The monoisotopic (exact) mass is 453 g/mol. The van der Waals surface area contributed by atoms with Gasteiger partial charge in [-0.25, -0.2) is 0 Å². The van der Waals surface area contributed by atoms with Crippen molar-refractivity contribution < 1.29 is 0 Å². The summed E-state index contributed by atoms with van der Waals surface area (Å²) in [6.45, 7) is 0. The Kier molecular flexibility index (Phi) is 3.97. The Hall–Kier alpha value is 0.640. The van der Waals surface area contributed by atoms with E-state index in [1.165, 1.54) is 25.7 Å².